The molecule has 142 valence electrons. The zero-order valence-corrected chi connectivity index (χ0v) is 17.2. The van der Waals surface area contributed by atoms with Crippen LogP contribution in [0.15, 0.2) is 66.9 Å². The van der Waals surface area contributed by atoms with Gasteiger partial charge in [0.2, 0.25) is 0 Å². The van der Waals surface area contributed by atoms with Crippen LogP contribution in [-0.4, -0.2) is 16.0 Å². The van der Waals surface area contributed by atoms with Crippen LogP contribution in [0.2, 0.25) is 0 Å². The van der Waals surface area contributed by atoms with Gasteiger partial charge in [0.25, 0.3) is 0 Å². The van der Waals surface area contributed by atoms with Gasteiger partial charge in [-0.15, -0.1) is 0 Å². The predicted molar refractivity (Wildman–Crippen MR) is 115 cm³/mol. The molecule has 0 unspecified atom stereocenters. The Kier molecular flexibility index (Phi) is 6.52. The van der Waals surface area contributed by atoms with Gasteiger partial charge in [0.1, 0.15) is 0 Å². The molecule has 0 aliphatic carbocycles. The lowest BCUT2D eigenvalue weighted by Crippen LogP contribution is -2.28. The Bertz CT molecular complexity index is 843. The molecule has 0 spiro atoms. The molecule has 0 amide bonds. The van der Waals surface area contributed by atoms with Crippen LogP contribution in [-0.2, 0) is 19.6 Å². The van der Waals surface area contributed by atoms with Gasteiger partial charge in [-0.3, -0.25) is 4.90 Å². The maximum absolute atomic E-state index is 2.58. The summed E-state index contributed by atoms with van der Waals surface area (Å²) in [5.41, 5.74) is 6.85. The van der Waals surface area contributed by atoms with Crippen LogP contribution in [0.3, 0.4) is 0 Å². The predicted octanol–water partition coefficient (Wildman–Crippen LogP) is 5.81. The van der Waals surface area contributed by atoms with Crippen molar-refractivity contribution < 1.29 is 0 Å². The highest BCUT2D eigenvalue weighted by Crippen LogP contribution is 2.17. The van der Waals surface area contributed by atoms with E-state index in [9.17, 15) is 0 Å². The molecule has 0 aliphatic heterocycles. The molecule has 0 bridgehead atoms. The normalized spacial score (nSPS) is 11.5. The van der Waals surface area contributed by atoms with Gasteiger partial charge >= 0.3 is 0 Å². The third-order valence-corrected chi connectivity index (χ3v) is 5.06. The van der Waals surface area contributed by atoms with Crippen molar-refractivity contribution in [3.63, 3.8) is 0 Å². The average molecular weight is 361 g/mol. The summed E-state index contributed by atoms with van der Waals surface area (Å²) in [5.74, 6) is 0.648. The van der Waals surface area contributed by atoms with E-state index in [1.54, 1.807) is 0 Å². The van der Waals surface area contributed by atoms with Crippen LogP contribution in [0.25, 0.3) is 0 Å². The lowest BCUT2D eigenvalue weighted by molar-refractivity contribution is 0.222. The van der Waals surface area contributed by atoms with Gasteiger partial charge in [-0.1, -0.05) is 67.9 Å². The Morgan fingerprint density at radius 2 is 1.59 bits per heavy atom. The standard InChI is InChI=1S/C25H32N2/c1-20(2)16-26(18-24-9-6-5-8-22(24)4)19-25-10-7-15-27(25)17-23-13-11-21(3)12-14-23/h5-15,20H,16-19H2,1-4H3. The Morgan fingerprint density at radius 1 is 0.852 bits per heavy atom. The minimum Gasteiger partial charge on any atom is -0.346 e. The summed E-state index contributed by atoms with van der Waals surface area (Å²) in [7, 11) is 0. The highest BCUT2D eigenvalue weighted by molar-refractivity contribution is 5.26. The Morgan fingerprint density at radius 3 is 2.30 bits per heavy atom. The molecule has 0 radical (unpaired) electrons. The van der Waals surface area contributed by atoms with Crippen LogP contribution in [0, 0.1) is 19.8 Å². The second-order valence-corrected chi connectivity index (χ2v) is 8.10. The number of aryl methyl sites for hydroxylation is 2. The van der Waals surface area contributed by atoms with Crippen LogP contribution in [0.4, 0.5) is 0 Å². The largest absolute Gasteiger partial charge is 0.346 e. The Labute approximate surface area is 164 Å². The quantitative estimate of drug-likeness (QED) is 0.492. The lowest BCUT2D eigenvalue weighted by Gasteiger charge is -2.26. The van der Waals surface area contributed by atoms with Crippen LogP contribution < -0.4 is 0 Å². The van der Waals surface area contributed by atoms with Crippen molar-refractivity contribution in [2.75, 3.05) is 6.54 Å². The fourth-order valence-corrected chi connectivity index (χ4v) is 3.60. The van der Waals surface area contributed by atoms with Gasteiger partial charge in [0.05, 0.1) is 0 Å². The van der Waals surface area contributed by atoms with Crippen molar-refractivity contribution in [2.45, 2.75) is 47.3 Å². The molecule has 0 N–H and O–H groups in total. The monoisotopic (exact) mass is 360 g/mol. The molecule has 3 rings (SSSR count). The summed E-state index contributed by atoms with van der Waals surface area (Å²) < 4.78 is 2.38. The molecule has 1 heterocycles. The molecule has 2 nitrogen and oxygen atoms in total. The van der Waals surface area contributed by atoms with Crippen molar-refractivity contribution in [1.82, 2.24) is 9.47 Å². The van der Waals surface area contributed by atoms with E-state index in [1.807, 2.05) is 0 Å². The van der Waals surface area contributed by atoms with Gasteiger partial charge in [-0.2, -0.15) is 0 Å². The first-order chi connectivity index (χ1) is 13.0. The van der Waals surface area contributed by atoms with E-state index in [2.05, 4.69) is 104 Å². The maximum Gasteiger partial charge on any atom is 0.0473 e. The van der Waals surface area contributed by atoms with E-state index in [1.165, 1.54) is 27.9 Å². The summed E-state index contributed by atoms with van der Waals surface area (Å²) in [6, 6.07) is 22.0. The van der Waals surface area contributed by atoms with Gasteiger partial charge in [0.15, 0.2) is 0 Å². The van der Waals surface area contributed by atoms with E-state index in [4.69, 9.17) is 0 Å². The zero-order chi connectivity index (χ0) is 19.2. The van der Waals surface area contributed by atoms with Crippen molar-refractivity contribution >= 4 is 0 Å². The van der Waals surface area contributed by atoms with Gasteiger partial charge in [-0.05, 0) is 48.6 Å². The second kappa shape index (κ2) is 9.05. The summed E-state index contributed by atoms with van der Waals surface area (Å²) in [6.45, 7) is 13.0. The van der Waals surface area contributed by atoms with Gasteiger partial charge < -0.3 is 4.57 Å². The van der Waals surface area contributed by atoms with E-state index < -0.39 is 0 Å². The molecular weight excluding hydrogens is 328 g/mol. The molecule has 1 aromatic heterocycles. The topological polar surface area (TPSA) is 8.17 Å². The smallest absolute Gasteiger partial charge is 0.0473 e. The van der Waals surface area contributed by atoms with Gasteiger partial charge in [0, 0.05) is 38.1 Å². The number of hydrogen-bond acceptors (Lipinski definition) is 1. The third kappa shape index (κ3) is 5.58. The molecule has 0 atom stereocenters. The highest BCUT2D eigenvalue weighted by atomic mass is 15.1. The number of rotatable bonds is 8. The molecule has 0 saturated carbocycles. The molecule has 0 aliphatic rings. The number of hydrogen-bond donors (Lipinski definition) is 0. The van der Waals surface area contributed by atoms with Crippen LogP contribution in [0.5, 0.6) is 0 Å². The van der Waals surface area contributed by atoms with Crippen LogP contribution >= 0.6 is 0 Å². The van der Waals surface area contributed by atoms with Crippen molar-refractivity contribution in [2.24, 2.45) is 5.92 Å². The zero-order valence-electron chi connectivity index (χ0n) is 17.2. The number of nitrogens with zero attached hydrogens (tertiary/aromatic N) is 2. The first kappa shape index (κ1) is 19.4. The van der Waals surface area contributed by atoms with E-state index >= 15 is 0 Å². The summed E-state index contributed by atoms with van der Waals surface area (Å²) in [6.07, 6.45) is 2.20. The molecular formula is C25H32N2. The molecule has 2 aromatic carbocycles. The first-order valence-corrected chi connectivity index (χ1v) is 9.97. The summed E-state index contributed by atoms with van der Waals surface area (Å²) in [5, 5.41) is 0. The number of benzene rings is 2. The van der Waals surface area contributed by atoms with Crippen molar-refractivity contribution in [1.29, 1.82) is 0 Å². The van der Waals surface area contributed by atoms with E-state index in [0.717, 1.165) is 26.2 Å². The third-order valence-electron chi connectivity index (χ3n) is 5.06. The fourth-order valence-electron chi connectivity index (χ4n) is 3.60. The minimum absolute atomic E-state index is 0.648. The second-order valence-electron chi connectivity index (χ2n) is 8.10. The lowest BCUT2D eigenvalue weighted by atomic mass is 10.1. The first-order valence-electron chi connectivity index (χ1n) is 9.97. The van der Waals surface area contributed by atoms with E-state index in [0.29, 0.717) is 5.92 Å². The SMILES string of the molecule is Cc1ccc(Cn2cccc2CN(Cc2ccccc2C)CC(C)C)cc1. The Hall–Kier alpha value is -2.32. The fraction of sp³-hybridized carbons (Fsp3) is 0.360. The maximum atomic E-state index is 2.58. The summed E-state index contributed by atoms with van der Waals surface area (Å²) >= 11 is 0. The van der Waals surface area contributed by atoms with Gasteiger partial charge in [-0.25, -0.2) is 0 Å². The molecule has 27 heavy (non-hydrogen) atoms. The van der Waals surface area contributed by atoms with Crippen molar-refractivity contribution in [3.8, 4) is 0 Å². The molecule has 0 fully saturated rings. The summed E-state index contributed by atoms with van der Waals surface area (Å²) in [4.78, 5) is 2.58. The van der Waals surface area contributed by atoms with E-state index in [-0.39, 0.29) is 0 Å². The van der Waals surface area contributed by atoms with Crippen LogP contribution in [0.1, 0.15) is 41.8 Å². The Balaban J connectivity index is 1.75. The minimum atomic E-state index is 0.648. The molecule has 0 saturated heterocycles. The molecule has 2 heteroatoms. The molecule has 3 aromatic rings. The highest BCUT2D eigenvalue weighted by Gasteiger charge is 2.13. The van der Waals surface area contributed by atoms with Crippen molar-refractivity contribution in [3.05, 3.63) is 94.8 Å². The number of aromatic nitrogens is 1. The average Bonchev–Trinajstić information content (AvgIpc) is 3.05.